The summed E-state index contributed by atoms with van der Waals surface area (Å²) in [4.78, 5) is 11.6. The minimum absolute atomic E-state index is 0.525. The third-order valence-electron chi connectivity index (χ3n) is 4.38. The molecule has 0 aromatic carbocycles. The van der Waals surface area contributed by atoms with Gasteiger partial charge in [0, 0.05) is 12.3 Å². The Bertz CT molecular complexity index is 221. The highest BCUT2D eigenvalue weighted by molar-refractivity contribution is 5.85. The Labute approximate surface area is 73.5 Å². The second-order valence-corrected chi connectivity index (χ2v) is 4.90. The number of Topliss-reactive ketones (excluding diaryl/α,β-unsaturated/α-hetero) is 1. The van der Waals surface area contributed by atoms with Crippen LogP contribution in [0.4, 0.5) is 0 Å². The first-order valence-electron chi connectivity index (χ1n) is 5.39. The van der Waals surface area contributed by atoms with Crippen molar-refractivity contribution in [3.63, 3.8) is 0 Å². The first-order valence-corrected chi connectivity index (χ1v) is 5.39. The molecule has 4 atom stereocenters. The van der Waals surface area contributed by atoms with Crippen LogP contribution in [0.1, 0.15) is 38.5 Å². The van der Waals surface area contributed by atoms with Crippen LogP contribution in [-0.2, 0) is 4.79 Å². The van der Waals surface area contributed by atoms with Gasteiger partial charge in [0.05, 0.1) is 0 Å². The summed E-state index contributed by atoms with van der Waals surface area (Å²) >= 11 is 0. The number of hydrogen-bond acceptors (Lipinski definition) is 1. The van der Waals surface area contributed by atoms with Gasteiger partial charge in [-0.25, -0.2) is 0 Å². The van der Waals surface area contributed by atoms with Crippen LogP contribution < -0.4 is 0 Å². The van der Waals surface area contributed by atoms with E-state index in [1.54, 1.807) is 0 Å². The molecule has 0 aromatic rings. The predicted octanol–water partition coefficient (Wildman–Crippen LogP) is 2.40. The SMILES string of the molecule is O=C1C[C@H]2C[C@@H]3CCCC[C@H]2[C@H]13. The smallest absolute Gasteiger partial charge is 0.136 e. The Morgan fingerprint density at radius 3 is 2.83 bits per heavy atom. The van der Waals surface area contributed by atoms with Crippen LogP contribution in [0.2, 0.25) is 0 Å². The maximum atomic E-state index is 11.6. The molecule has 0 unspecified atom stereocenters. The van der Waals surface area contributed by atoms with E-state index in [0.29, 0.717) is 11.7 Å². The van der Waals surface area contributed by atoms with Gasteiger partial charge in [-0.05, 0) is 37.0 Å². The van der Waals surface area contributed by atoms with Gasteiger partial charge in [0.15, 0.2) is 0 Å². The first kappa shape index (κ1) is 7.11. The summed E-state index contributed by atoms with van der Waals surface area (Å²) in [6.45, 7) is 0. The van der Waals surface area contributed by atoms with Crippen molar-refractivity contribution < 1.29 is 4.79 Å². The van der Waals surface area contributed by atoms with E-state index in [1.165, 1.54) is 32.1 Å². The van der Waals surface area contributed by atoms with Crippen molar-refractivity contribution >= 4 is 5.78 Å². The van der Waals surface area contributed by atoms with Crippen LogP contribution in [0, 0.1) is 23.7 Å². The molecule has 3 rings (SSSR count). The highest BCUT2D eigenvalue weighted by atomic mass is 16.1. The molecule has 0 radical (unpaired) electrons. The molecule has 0 amide bonds. The summed E-state index contributed by atoms with van der Waals surface area (Å²) in [6, 6.07) is 0. The Hall–Kier alpha value is -0.330. The van der Waals surface area contributed by atoms with Crippen molar-refractivity contribution in [2.45, 2.75) is 38.5 Å². The Balaban J connectivity index is 1.95. The van der Waals surface area contributed by atoms with Gasteiger partial charge in [-0.1, -0.05) is 12.8 Å². The van der Waals surface area contributed by atoms with Crippen LogP contribution in [0.15, 0.2) is 0 Å². The molecule has 1 heteroatoms. The summed E-state index contributed by atoms with van der Waals surface area (Å²) in [7, 11) is 0. The predicted molar refractivity (Wildman–Crippen MR) is 46.7 cm³/mol. The van der Waals surface area contributed by atoms with E-state index in [2.05, 4.69) is 0 Å². The highest BCUT2D eigenvalue weighted by Gasteiger charge is 2.52. The molecule has 3 saturated carbocycles. The molecule has 12 heavy (non-hydrogen) atoms. The van der Waals surface area contributed by atoms with Crippen molar-refractivity contribution in [3.8, 4) is 0 Å². The summed E-state index contributed by atoms with van der Waals surface area (Å²) in [6.07, 6.45) is 7.81. The average molecular weight is 164 g/mol. The molecule has 0 saturated heterocycles. The quantitative estimate of drug-likeness (QED) is 0.537. The van der Waals surface area contributed by atoms with Crippen molar-refractivity contribution in [1.82, 2.24) is 0 Å². The van der Waals surface area contributed by atoms with Gasteiger partial charge in [-0.3, -0.25) is 4.79 Å². The van der Waals surface area contributed by atoms with Crippen LogP contribution in [0.5, 0.6) is 0 Å². The summed E-state index contributed by atoms with van der Waals surface area (Å²) in [5.41, 5.74) is 0. The molecular formula is C11H16O. The van der Waals surface area contributed by atoms with E-state index in [1.807, 2.05) is 0 Å². The molecule has 0 N–H and O–H groups in total. The van der Waals surface area contributed by atoms with E-state index < -0.39 is 0 Å². The fourth-order valence-corrected chi connectivity index (χ4v) is 3.98. The van der Waals surface area contributed by atoms with Crippen LogP contribution in [0.25, 0.3) is 0 Å². The maximum Gasteiger partial charge on any atom is 0.136 e. The van der Waals surface area contributed by atoms with Crippen molar-refractivity contribution in [3.05, 3.63) is 0 Å². The lowest BCUT2D eigenvalue weighted by Gasteiger charge is -2.19. The van der Waals surface area contributed by atoms with E-state index in [0.717, 1.165) is 24.2 Å². The Kier molecular flexibility index (Phi) is 1.38. The van der Waals surface area contributed by atoms with Crippen molar-refractivity contribution in [1.29, 1.82) is 0 Å². The Morgan fingerprint density at radius 2 is 1.92 bits per heavy atom. The fourth-order valence-electron chi connectivity index (χ4n) is 3.98. The average Bonchev–Trinajstić information content (AvgIpc) is 2.41. The van der Waals surface area contributed by atoms with Gasteiger partial charge in [-0.15, -0.1) is 0 Å². The molecule has 4 bridgehead atoms. The topological polar surface area (TPSA) is 17.1 Å². The third kappa shape index (κ3) is 0.773. The summed E-state index contributed by atoms with van der Waals surface area (Å²) < 4.78 is 0. The first-order chi connectivity index (χ1) is 5.86. The summed E-state index contributed by atoms with van der Waals surface area (Å²) in [5, 5.41) is 0. The molecule has 0 spiro atoms. The second-order valence-electron chi connectivity index (χ2n) is 4.90. The lowest BCUT2D eigenvalue weighted by Crippen LogP contribution is -2.20. The molecule has 0 heterocycles. The standard InChI is InChI=1S/C11H16O/c12-10-6-8-5-7-3-1-2-4-9(8)11(7)10/h7-9,11H,1-6H2/t7-,8+,9+,11+/m0/s1. The monoisotopic (exact) mass is 164 g/mol. The van der Waals surface area contributed by atoms with Crippen LogP contribution in [0.3, 0.4) is 0 Å². The molecule has 3 aliphatic rings. The van der Waals surface area contributed by atoms with Gasteiger partial charge in [0.25, 0.3) is 0 Å². The normalized spacial score (nSPS) is 51.2. The second kappa shape index (κ2) is 2.34. The molecule has 0 aliphatic heterocycles. The zero-order valence-corrected chi connectivity index (χ0v) is 7.46. The van der Waals surface area contributed by atoms with Gasteiger partial charge in [0.2, 0.25) is 0 Å². The molecule has 3 fully saturated rings. The van der Waals surface area contributed by atoms with Crippen LogP contribution in [-0.4, -0.2) is 5.78 Å². The highest BCUT2D eigenvalue weighted by Crippen LogP contribution is 2.55. The Morgan fingerprint density at radius 1 is 1.08 bits per heavy atom. The number of carbonyl (C=O) groups is 1. The number of rotatable bonds is 0. The minimum atomic E-state index is 0.525. The third-order valence-corrected chi connectivity index (χ3v) is 4.38. The molecule has 3 aliphatic carbocycles. The van der Waals surface area contributed by atoms with E-state index >= 15 is 0 Å². The largest absolute Gasteiger partial charge is 0.299 e. The lowest BCUT2D eigenvalue weighted by atomic mass is 9.85. The van der Waals surface area contributed by atoms with Crippen molar-refractivity contribution in [2.75, 3.05) is 0 Å². The molecule has 0 aromatic heterocycles. The molecule has 66 valence electrons. The zero-order chi connectivity index (χ0) is 8.13. The molecular weight excluding hydrogens is 148 g/mol. The maximum absolute atomic E-state index is 11.6. The zero-order valence-electron chi connectivity index (χ0n) is 7.46. The van der Waals surface area contributed by atoms with Crippen molar-refractivity contribution in [2.24, 2.45) is 23.7 Å². The number of carbonyl (C=O) groups excluding carboxylic acids is 1. The number of ketones is 1. The van der Waals surface area contributed by atoms with E-state index in [9.17, 15) is 4.79 Å². The minimum Gasteiger partial charge on any atom is -0.299 e. The summed E-state index contributed by atoms with van der Waals surface area (Å²) in [5.74, 6) is 3.59. The number of hydrogen-bond donors (Lipinski definition) is 0. The van der Waals surface area contributed by atoms with E-state index in [4.69, 9.17) is 0 Å². The fraction of sp³-hybridized carbons (Fsp3) is 0.909. The molecule has 1 nitrogen and oxygen atoms in total. The van der Waals surface area contributed by atoms with Crippen LogP contribution >= 0.6 is 0 Å². The van der Waals surface area contributed by atoms with Gasteiger partial charge in [0.1, 0.15) is 5.78 Å². The lowest BCUT2D eigenvalue weighted by molar-refractivity contribution is -0.123. The van der Waals surface area contributed by atoms with Gasteiger partial charge < -0.3 is 0 Å². The van der Waals surface area contributed by atoms with Gasteiger partial charge in [-0.2, -0.15) is 0 Å². The van der Waals surface area contributed by atoms with E-state index in [-0.39, 0.29) is 0 Å². The van der Waals surface area contributed by atoms with Gasteiger partial charge >= 0.3 is 0 Å².